The maximum absolute atomic E-state index is 13.3. The van der Waals surface area contributed by atoms with Gasteiger partial charge in [-0.3, -0.25) is 9.59 Å². The van der Waals surface area contributed by atoms with Crippen LogP contribution >= 0.6 is 0 Å². The number of halogens is 3. The van der Waals surface area contributed by atoms with Crippen LogP contribution in [-0.4, -0.2) is 55.4 Å². The van der Waals surface area contributed by atoms with E-state index in [0.717, 1.165) is 23.5 Å². The van der Waals surface area contributed by atoms with E-state index in [-0.39, 0.29) is 33.1 Å². The number of hydrogen-bond acceptors (Lipinski definition) is 6. The highest BCUT2D eigenvalue weighted by Gasteiger charge is 2.34. The third kappa shape index (κ3) is 5.62. The highest BCUT2D eigenvalue weighted by atomic mass is 32.2. The zero-order chi connectivity index (χ0) is 29.4. The Hall–Kier alpha value is -4.43. The highest BCUT2D eigenvalue weighted by molar-refractivity contribution is 7.89. The van der Waals surface area contributed by atoms with Crippen LogP contribution in [0.4, 0.5) is 24.5 Å². The van der Waals surface area contributed by atoms with Crippen LogP contribution in [0.2, 0.25) is 0 Å². The van der Waals surface area contributed by atoms with Gasteiger partial charge in [-0.1, -0.05) is 6.07 Å². The number of carbonyl (C=O) groups excluding carboxylic acids is 2. The van der Waals surface area contributed by atoms with Crippen LogP contribution in [0.5, 0.6) is 5.75 Å². The number of anilines is 2. The maximum atomic E-state index is 13.3. The molecule has 4 rings (SSSR count). The van der Waals surface area contributed by atoms with E-state index in [2.05, 4.69) is 15.7 Å². The van der Waals surface area contributed by atoms with Gasteiger partial charge in [0, 0.05) is 37.2 Å². The first-order valence-corrected chi connectivity index (χ1v) is 13.0. The summed E-state index contributed by atoms with van der Waals surface area (Å²) in [7, 11) is 0.201. The van der Waals surface area contributed by atoms with E-state index in [0.29, 0.717) is 11.1 Å². The molecule has 2 aromatic carbocycles. The van der Waals surface area contributed by atoms with Gasteiger partial charge in [0.2, 0.25) is 10.0 Å². The fourth-order valence-corrected chi connectivity index (χ4v) is 4.70. The van der Waals surface area contributed by atoms with Gasteiger partial charge in [-0.15, -0.1) is 0 Å². The van der Waals surface area contributed by atoms with E-state index in [9.17, 15) is 31.2 Å². The van der Waals surface area contributed by atoms with Crippen molar-refractivity contribution < 1.29 is 35.9 Å². The van der Waals surface area contributed by atoms with Gasteiger partial charge in [-0.2, -0.15) is 18.3 Å². The van der Waals surface area contributed by atoms with Crippen molar-refractivity contribution in [3.63, 3.8) is 0 Å². The third-order valence-electron chi connectivity index (χ3n) is 6.02. The average Bonchev–Trinajstić information content (AvgIpc) is 3.33. The van der Waals surface area contributed by atoms with E-state index in [4.69, 9.17) is 4.74 Å². The average molecular weight is 576 g/mol. The van der Waals surface area contributed by atoms with Gasteiger partial charge in [-0.05, 0) is 55.0 Å². The summed E-state index contributed by atoms with van der Waals surface area (Å²) in [6.45, 7) is 1.70. The number of pyridine rings is 1. The number of methoxy groups -OCH3 is 1. The Labute approximate surface area is 227 Å². The normalized spacial score (nSPS) is 12.0. The fourth-order valence-electron chi connectivity index (χ4n) is 3.80. The molecule has 0 radical (unpaired) electrons. The zero-order valence-electron chi connectivity index (χ0n) is 21.7. The number of alkyl halides is 3. The number of aryl methyl sites for hydroxylation is 1. The molecule has 2 amide bonds. The molecule has 40 heavy (non-hydrogen) atoms. The number of amides is 2. The molecule has 0 aliphatic rings. The number of nitrogens with zero attached hydrogens (tertiary/aromatic N) is 3. The predicted molar refractivity (Wildman–Crippen MR) is 141 cm³/mol. The summed E-state index contributed by atoms with van der Waals surface area (Å²) >= 11 is 0. The molecule has 0 saturated carbocycles. The Morgan fingerprint density at radius 2 is 1.73 bits per heavy atom. The molecule has 0 aliphatic heterocycles. The van der Waals surface area contributed by atoms with Crippen LogP contribution in [0.25, 0.3) is 5.52 Å². The lowest BCUT2D eigenvalue weighted by atomic mass is 10.1. The molecule has 2 N–H and O–H groups in total. The minimum atomic E-state index is -4.69. The minimum absolute atomic E-state index is 0.00571. The molecule has 0 saturated heterocycles. The topological polar surface area (TPSA) is 122 Å². The van der Waals surface area contributed by atoms with Gasteiger partial charge in [-0.25, -0.2) is 17.2 Å². The van der Waals surface area contributed by atoms with Crippen molar-refractivity contribution in [3.8, 4) is 5.75 Å². The van der Waals surface area contributed by atoms with E-state index >= 15 is 0 Å². The first kappa shape index (κ1) is 28.6. The second-order valence-electron chi connectivity index (χ2n) is 8.89. The van der Waals surface area contributed by atoms with Crippen LogP contribution in [0.3, 0.4) is 0 Å². The highest BCUT2D eigenvalue weighted by Crippen LogP contribution is 2.37. The van der Waals surface area contributed by atoms with E-state index in [1.807, 2.05) is 0 Å². The number of aromatic nitrogens is 2. The first-order chi connectivity index (χ1) is 18.7. The van der Waals surface area contributed by atoms with Crippen molar-refractivity contribution in [2.45, 2.75) is 18.0 Å². The number of carbonyl (C=O) groups is 2. The van der Waals surface area contributed by atoms with Crippen molar-refractivity contribution in [2.75, 3.05) is 31.8 Å². The molecule has 2 heterocycles. The predicted octanol–water partition coefficient (Wildman–Crippen LogP) is 4.43. The van der Waals surface area contributed by atoms with Crippen LogP contribution < -0.4 is 15.4 Å². The SMILES string of the molecule is COc1ccc(NC(=O)c2ccc(C)c(NC(=O)c3cnn4cc(S(=O)(=O)N(C)C)ccc34)c2)cc1C(F)(F)F. The second-order valence-corrected chi connectivity index (χ2v) is 11.0. The molecule has 0 unspecified atom stereocenters. The standard InChI is InChI=1S/C26H24F3N5O5S/c1-15-5-6-16(24(35)31-17-7-10-23(39-4)20(12-17)26(27,28)29)11-21(15)32-25(36)19-13-30-34-14-18(8-9-22(19)34)40(37,38)33(2)3/h5-14H,1-4H3,(H,31,35)(H,32,36). The molecule has 0 aliphatic carbocycles. The molecule has 2 aromatic heterocycles. The Kier molecular flexibility index (Phi) is 7.59. The van der Waals surface area contributed by atoms with Gasteiger partial charge in [0.1, 0.15) is 10.6 Å². The number of ether oxygens (including phenoxy) is 1. The molecular formula is C26H24F3N5O5S. The molecule has 10 nitrogen and oxygen atoms in total. The van der Waals surface area contributed by atoms with Crippen molar-refractivity contribution in [2.24, 2.45) is 0 Å². The van der Waals surface area contributed by atoms with Gasteiger partial charge in [0.15, 0.2) is 0 Å². The minimum Gasteiger partial charge on any atom is -0.496 e. The van der Waals surface area contributed by atoms with Crippen LogP contribution in [0.15, 0.2) is 65.8 Å². The Bertz CT molecular complexity index is 1730. The van der Waals surface area contributed by atoms with Crippen molar-refractivity contribution in [1.29, 1.82) is 0 Å². The Morgan fingerprint density at radius 3 is 2.38 bits per heavy atom. The summed E-state index contributed by atoms with van der Waals surface area (Å²) in [5.41, 5.74) is 0.362. The lowest BCUT2D eigenvalue weighted by Gasteiger charge is -2.14. The van der Waals surface area contributed by atoms with Crippen LogP contribution in [0, 0.1) is 6.92 Å². The number of nitrogens with one attached hydrogen (secondary N) is 2. The smallest absolute Gasteiger partial charge is 0.420 e. The van der Waals surface area contributed by atoms with Crippen LogP contribution in [-0.2, 0) is 16.2 Å². The summed E-state index contributed by atoms with van der Waals surface area (Å²) in [5, 5.41) is 9.22. The lowest BCUT2D eigenvalue weighted by Crippen LogP contribution is -2.22. The molecule has 0 bridgehead atoms. The summed E-state index contributed by atoms with van der Waals surface area (Å²) in [4.78, 5) is 25.9. The maximum Gasteiger partial charge on any atom is 0.420 e. The van der Waals surface area contributed by atoms with E-state index in [1.165, 1.54) is 61.3 Å². The van der Waals surface area contributed by atoms with Crippen molar-refractivity contribution in [3.05, 3.63) is 83.2 Å². The molecule has 14 heteroatoms. The third-order valence-corrected chi connectivity index (χ3v) is 7.82. The Morgan fingerprint density at radius 1 is 1.00 bits per heavy atom. The number of benzene rings is 2. The molecular weight excluding hydrogens is 551 g/mol. The number of hydrogen-bond donors (Lipinski definition) is 2. The summed E-state index contributed by atoms with van der Waals surface area (Å²) in [5.74, 6) is -1.64. The van der Waals surface area contributed by atoms with Gasteiger partial charge < -0.3 is 15.4 Å². The summed E-state index contributed by atoms with van der Waals surface area (Å²) in [6, 6.07) is 10.4. The number of fused-ring (bicyclic) bond motifs is 1. The largest absolute Gasteiger partial charge is 0.496 e. The van der Waals surface area contributed by atoms with Gasteiger partial charge >= 0.3 is 6.18 Å². The summed E-state index contributed by atoms with van der Waals surface area (Å²) in [6.07, 6.45) is -2.11. The monoisotopic (exact) mass is 575 g/mol. The number of sulfonamides is 1. The van der Waals surface area contributed by atoms with Crippen molar-refractivity contribution in [1.82, 2.24) is 13.9 Å². The molecule has 0 fully saturated rings. The first-order valence-electron chi connectivity index (χ1n) is 11.6. The fraction of sp³-hybridized carbons (Fsp3) is 0.192. The van der Waals surface area contributed by atoms with E-state index in [1.54, 1.807) is 13.0 Å². The molecule has 0 spiro atoms. The molecule has 4 aromatic rings. The number of rotatable bonds is 7. The van der Waals surface area contributed by atoms with Gasteiger partial charge in [0.05, 0.1) is 30.0 Å². The van der Waals surface area contributed by atoms with Crippen LogP contribution in [0.1, 0.15) is 31.8 Å². The molecule has 0 atom stereocenters. The zero-order valence-corrected chi connectivity index (χ0v) is 22.5. The summed E-state index contributed by atoms with van der Waals surface area (Å²) < 4.78 is 71.9. The van der Waals surface area contributed by atoms with Gasteiger partial charge in [0.25, 0.3) is 11.8 Å². The quantitative estimate of drug-likeness (QED) is 0.336. The Balaban J connectivity index is 1.56. The van der Waals surface area contributed by atoms with Crippen molar-refractivity contribution >= 4 is 38.7 Å². The van der Waals surface area contributed by atoms with E-state index < -0.39 is 33.6 Å². The second kappa shape index (κ2) is 10.6. The molecule has 210 valence electrons. The lowest BCUT2D eigenvalue weighted by molar-refractivity contribution is -0.138.